The van der Waals surface area contributed by atoms with Crippen molar-refractivity contribution in [2.45, 2.75) is 38.3 Å². The van der Waals surface area contributed by atoms with Gasteiger partial charge < -0.3 is 9.74 Å². The smallest absolute Gasteiger partial charge is 0.226 e. The van der Waals surface area contributed by atoms with Crippen LogP contribution in [0.3, 0.4) is 0 Å². The molecule has 0 bridgehead atoms. The molecule has 1 heterocycles. The van der Waals surface area contributed by atoms with Gasteiger partial charge in [0.25, 0.3) is 0 Å². The quantitative estimate of drug-likeness (QED) is 0.605. The van der Waals surface area contributed by atoms with Gasteiger partial charge in [-0.3, -0.25) is 4.79 Å². The van der Waals surface area contributed by atoms with E-state index in [0.717, 1.165) is 36.1 Å². The number of hydrogen-bond donors (Lipinski definition) is 0. The number of hydrogen-bond acceptors (Lipinski definition) is 3. The fourth-order valence-corrected chi connectivity index (χ4v) is 3.92. The van der Waals surface area contributed by atoms with Gasteiger partial charge >= 0.3 is 0 Å². The van der Waals surface area contributed by atoms with E-state index in [0.29, 0.717) is 29.6 Å². The molecule has 0 saturated heterocycles. The predicted octanol–water partition coefficient (Wildman–Crippen LogP) is 5.45. The molecule has 0 spiro atoms. The number of amides is 1. The number of benzene rings is 2. The molecule has 2 aromatic rings. The standard InChI is InChI=1S/C22H21Cl2FN2O2/c23-19-8-7-16(10-20(19)24)21-11-18(29-26-21)13-27(22(28)15-4-2-5-15)12-14-3-1-6-17(25)9-14/h1,3,6-10,15,18H,2,4-5,11-13H2. The molecule has 1 amide bonds. The lowest BCUT2D eigenvalue weighted by Crippen LogP contribution is -2.42. The first-order valence-electron chi connectivity index (χ1n) is 9.71. The van der Waals surface area contributed by atoms with Crippen molar-refractivity contribution in [3.8, 4) is 0 Å². The van der Waals surface area contributed by atoms with E-state index >= 15 is 0 Å². The van der Waals surface area contributed by atoms with Crippen molar-refractivity contribution in [1.82, 2.24) is 4.90 Å². The van der Waals surface area contributed by atoms with Gasteiger partial charge in [0, 0.05) is 24.4 Å². The first-order valence-corrected chi connectivity index (χ1v) is 10.5. The Balaban J connectivity index is 1.45. The zero-order valence-corrected chi connectivity index (χ0v) is 17.3. The zero-order valence-electron chi connectivity index (χ0n) is 15.8. The third kappa shape index (κ3) is 4.73. The van der Waals surface area contributed by atoms with E-state index in [1.54, 1.807) is 23.1 Å². The van der Waals surface area contributed by atoms with Crippen LogP contribution in [0, 0.1) is 11.7 Å². The minimum Gasteiger partial charge on any atom is -0.390 e. The van der Waals surface area contributed by atoms with Crippen molar-refractivity contribution in [1.29, 1.82) is 0 Å². The monoisotopic (exact) mass is 434 g/mol. The summed E-state index contributed by atoms with van der Waals surface area (Å²) in [7, 11) is 0. The predicted molar refractivity (Wildman–Crippen MR) is 112 cm³/mol. The normalized spacial score (nSPS) is 18.7. The first-order chi connectivity index (χ1) is 14.0. The SMILES string of the molecule is O=C(C1CCC1)N(Cc1cccc(F)c1)CC1CC(c2ccc(Cl)c(Cl)c2)=NO1. The van der Waals surface area contributed by atoms with Crippen molar-refractivity contribution >= 4 is 34.8 Å². The Morgan fingerprint density at radius 1 is 1.17 bits per heavy atom. The van der Waals surface area contributed by atoms with E-state index in [1.807, 2.05) is 12.1 Å². The minimum absolute atomic E-state index is 0.0559. The highest BCUT2D eigenvalue weighted by Gasteiger charge is 2.33. The van der Waals surface area contributed by atoms with E-state index in [1.165, 1.54) is 12.1 Å². The molecule has 4 rings (SSSR count). The summed E-state index contributed by atoms with van der Waals surface area (Å²) in [5, 5.41) is 5.13. The highest BCUT2D eigenvalue weighted by molar-refractivity contribution is 6.42. The van der Waals surface area contributed by atoms with Crippen LogP contribution < -0.4 is 0 Å². The number of rotatable bonds is 6. The van der Waals surface area contributed by atoms with Crippen LogP contribution in [0.25, 0.3) is 0 Å². The molecule has 29 heavy (non-hydrogen) atoms. The van der Waals surface area contributed by atoms with Gasteiger partial charge in [0.1, 0.15) is 5.82 Å². The van der Waals surface area contributed by atoms with Gasteiger partial charge in [0.15, 0.2) is 6.10 Å². The lowest BCUT2D eigenvalue weighted by atomic mass is 9.84. The maximum atomic E-state index is 13.6. The van der Waals surface area contributed by atoms with Gasteiger partial charge in [-0.05, 0) is 42.7 Å². The second kappa shape index (κ2) is 8.72. The summed E-state index contributed by atoms with van der Waals surface area (Å²) in [4.78, 5) is 20.3. The Morgan fingerprint density at radius 2 is 2.00 bits per heavy atom. The van der Waals surface area contributed by atoms with Gasteiger partial charge in [-0.25, -0.2) is 4.39 Å². The Morgan fingerprint density at radius 3 is 2.69 bits per heavy atom. The fraction of sp³-hybridized carbons (Fsp3) is 0.364. The van der Waals surface area contributed by atoms with Gasteiger partial charge in [-0.15, -0.1) is 0 Å². The molecule has 0 aromatic heterocycles. The second-order valence-corrected chi connectivity index (χ2v) is 8.39. The largest absolute Gasteiger partial charge is 0.390 e. The number of oxime groups is 1. The van der Waals surface area contributed by atoms with Crippen LogP contribution in [0.2, 0.25) is 10.0 Å². The van der Waals surface area contributed by atoms with Crippen LogP contribution in [0.15, 0.2) is 47.6 Å². The average Bonchev–Trinajstić information content (AvgIpc) is 3.10. The van der Waals surface area contributed by atoms with E-state index < -0.39 is 0 Å². The third-order valence-corrected chi connectivity index (χ3v) is 6.18. The lowest BCUT2D eigenvalue weighted by molar-refractivity contribution is -0.140. The van der Waals surface area contributed by atoms with Crippen LogP contribution in [0.5, 0.6) is 0 Å². The molecule has 2 aromatic carbocycles. The summed E-state index contributed by atoms with van der Waals surface area (Å²) in [6.45, 7) is 0.759. The number of carbonyl (C=O) groups excluding carboxylic acids is 1. The summed E-state index contributed by atoms with van der Waals surface area (Å²) in [5.74, 6) is -0.145. The minimum atomic E-state index is -0.305. The highest BCUT2D eigenvalue weighted by Crippen LogP contribution is 2.30. The molecule has 1 atom stereocenters. The molecule has 2 aliphatic rings. The highest BCUT2D eigenvalue weighted by atomic mass is 35.5. The summed E-state index contributed by atoms with van der Waals surface area (Å²) in [6.07, 6.45) is 3.21. The second-order valence-electron chi connectivity index (χ2n) is 7.57. The van der Waals surface area contributed by atoms with Crippen LogP contribution in [-0.4, -0.2) is 29.2 Å². The van der Waals surface area contributed by atoms with Gasteiger partial charge in [-0.1, -0.05) is 53.0 Å². The molecule has 1 aliphatic carbocycles. The molecular formula is C22H21Cl2FN2O2. The van der Waals surface area contributed by atoms with Crippen LogP contribution in [-0.2, 0) is 16.2 Å². The molecule has 1 aliphatic heterocycles. The maximum absolute atomic E-state index is 13.6. The average molecular weight is 435 g/mol. The van der Waals surface area contributed by atoms with Crippen molar-refractivity contribution in [2.24, 2.45) is 11.1 Å². The Kier molecular flexibility index (Phi) is 6.07. The summed E-state index contributed by atoms with van der Waals surface area (Å²) < 4.78 is 13.6. The van der Waals surface area contributed by atoms with Crippen LogP contribution in [0.1, 0.15) is 36.8 Å². The number of carbonyl (C=O) groups is 1. The number of nitrogens with zero attached hydrogens (tertiary/aromatic N) is 2. The molecular weight excluding hydrogens is 414 g/mol. The van der Waals surface area contributed by atoms with Crippen LogP contribution in [0.4, 0.5) is 4.39 Å². The van der Waals surface area contributed by atoms with E-state index in [-0.39, 0.29) is 23.7 Å². The van der Waals surface area contributed by atoms with Crippen molar-refractivity contribution in [3.63, 3.8) is 0 Å². The molecule has 152 valence electrons. The van der Waals surface area contributed by atoms with Crippen LogP contribution >= 0.6 is 23.2 Å². The van der Waals surface area contributed by atoms with Crippen molar-refractivity contribution in [3.05, 3.63) is 69.5 Å². The van der Waals surface area contributed by atoms with Crippen molar-refractivity contribution < 1.29 is 14.0 Å². The first kappa shape index (κ1) is 20.2. The molecule has 0 N–H and O–H groups in total. The Hall–Kier alpha value is -2.11. The van der Waals surface area contributed by atoms with E-state index in [2.05, 4.69) is 5.16 Å². The maximum Gasteiger partial charge on any atom is 0.226 e. The van der Waals surface area contributed by atoms with E-state index in [9.17, 15) is 9.18 Å². The third-order valence-electron chi connectivity index (χ3n) is 5.44. The van der Waals surface area contributed by atoms with Gasteiger partial charge in [0.2, 0.25) is 5.91 Å². The fourth-order valence-electron chi connectivity index (χ4n) is 3.62. The molecule has 4 nitrogen and oxygen atoms in total. The summed E-state index contributed by atoms with van der Waals surface area (Å²) in [6, 6.07) is 11.7. The van der Waals surface area contributed by atoms with Gasteiger partial charge in [-0.2, -0.15) is 0 Å². The summed E-state index contributed by atoms with van der Waals surface area (Å²) >= 11 is 12.1. The summed E-state index contributed by atoms with van der Waals surface area (Å²) in [5.41, 5.74) is 2.39. The Labute approximate surface area is 179 Å². The number of halogens is 3. The lowest BCUT2D eigenvalue weighted by Gasteiger charge is -2.32. The zero-order chi connectivity index (χ0) is 20.4. The van der Waals surface area contributed by atoms with Crippen molar-refractivity contribution in [2.75, 3.05) is 6.54 Å². The molecule has 0 radical (unpaired) electrons. The van der Waals surface area contributed by atoms with E-state index in [4.69, 9.17) is 28.0 Å². The molecule has 1 unspecified atom stereocenters. The molecule has 1 saturated carbocycles. The topological polar surface area (TPSA) is 41.9 Å². The van der Waals surface area contributed by atoms with Gasteiger partial charge in [0.05, 0.1) is 22.3 Å². The Bertz CT molecular complexity index is 946. The molecule has 7 heteroatoms. The molecule has 1 fully saturated rings.